The minimum atomic E-state index is -0.358. The van der Waals surface area contributed by atoms with Crippen LogP contribution in [0.4, 0.5) is 4.39 Å². The van der Waals surface area contributed by atoms with Gasteiger partial charge in [-0.25, -0.2) is 14.4 Å². The van der Waals surface area contributed by atoms with Gasteiger partial charge in [0.2, 0.25) is 0 Å². The number of hydrogen-bond donors (Lipinski definition) is 1. The third kappa shape index (κ3) is 2.99. The number of halogens is 2. The number of nitrogens with zero attached hydrogens (tertiary/aromatic N) is 2. The molecular formula is C17H17ClFN3O. The first-order valence-electron chi connectivity index (χ1n) is 7.54. The highest BCUT2D eigenvalue weighted by atomic mass is 35.5. The molecule has 0 aliphatic heterocycles. The number of carbonyl (C=O) groups excluding carboxylic acids is 1. The molecule has 1 saturated carbocycles. The lowest BCUT2D eigenvalue weighted by molar-refractivity contribution is 0.100. The van der Waals surface area contributed by atoms with Gasteiger partial charge in [-0.05, 0) is 24.5 Å². The molecule has 0 spiro atoms. The lowest BCUT2D eigenvalue weighted by Crippen LogP contribution is -2.38. The van der Waals surface area contributed by atoms with Crippen molar-refractivity contribution in [3.8, 4) is 0 Å². The van der Waals surface area contributed by atoms with Crippen molar-refractivity contribution in [2.75, 3.05) is 6.54 Å². The van der Waals surface area contributed by atoms with Crippen LogP contribution in [0, 0.1) is 5.82 Å². The molecule has 1 fully saturated rings. The SMILES string of the molecule is NCC(=O)c1cnc(CC2(c3cccc(Cl)c3F)CCC2)nc1. The molecule has 1 aliphatic rings. The van der Waals surface area contributed by atoms with Gasteiger partial charge in [-0.2, -0.15) is 0 Å². The Balaban J connectivity index is 1.87. The van der Waals surface area contributed by atoms with Crippen molar-refractivity contribution in [1.82, 2.24) is 9.97 Å². The van der Waals surface area contributed by atoms with E-state index in [-0.39, 0.29) is 28.6 Å². The average molecular weight is 334 g/mol. The summed E-state index contributed by atoms with van der Waals surface area (Å²) in [6.07, 6.45) is 6.28. The lowest BCUT2D eigenvalue weighted by atomic mass is 9.62. The summed E-state index contributed by atoms with van der Waals surface area (Å²) in [5, 5.41) is 0.138. The Morgan fingerprint density at radius 1 is 1.30 bits per heavy atom. The largest absolute Gasteiger partial charge is 0.324 e. The highest BCUT2D eigenvalue weighted by Crippen LogP contribution is 2.47. The standard InChI is InChI=1S/C17H17ClFN3O/c18-13-4-1-3-12(16(13)19)17(5-2-6-17)7-15-21-9-11(10-22-15)14(23)8-20/h1,3-4,9-10H,2,5-8,20H2. The maximum atomic E-state index is 14.4. The maximum Gasteiger partial charge on any atom is 0.179 e. The van der Waals surface area contributed by atoms with Gasteiger partial charge in [0, 0.05) is 24.2 Å². The zero-order chi connectivity index (χ0) is 16.4. The van der Waals surface area contributed by atoms with Gasteiger partial charge in [-0.3, -0.25) is 4.79 Å². The van der Waals surface area contributed by atoms with Crippen molar-refractivity contribution >= 4 is 17.4 Å². The van der Waals surface area contributed by atoms with E-state index in [0.717, 1.165) is 19.3 Å². The van der Waals surface area contributed by atoms with Crippen LogP contribution in [0.3, 0.4) is 0 Å². The second kappa shape index (κ2) is 6.34. The monoisotopic (exact) mass is 333 g/mol. The molecule has 120 valence electrons. The highest BCUT2D eigenvalue weighted by molar-refractivity contribution is 6.30. The first-order valence-corrected chi connectivity index (χ1v) is 7.92. The van der Waals surface area contributed by atoms with Crippen LogP contribution in [0.1, 0.15) is 41.0 Å². The van der Waals surface area contributed by atoms with Gasteiger partial charge < -0.3 is 5.73 Å². The summed E-state index contributed by atoms with van der Waals surface area (Å²) in [6, 6.07) is 5.11. The quantitative estimate of drug-likeness (QED) is 0.854. The summed E-state index contributed by atoms with van der Waals surface area (Å²) in [4.78, 5) is 20.0. The molecule has 2 aromatic rings. The summed E-state index contributed by atoms with van der Waals surface area (Å²) in [5.41, 5.74) is 6.03. The second-order valence-electron chi connectivity index (χ2n) is 5.93. The van der Waals surface area contributed by atoms with Crippen LogP contribution in [0.5, 0.6) is 0 Å². The Hall–Kier alpha value is -1.85. The van der Waals surface area contributed by atoms with Crippen molar-refractivity contribution in [1.29, 1.82) is 0 Å². The van der Waals surface area contributed by atoms with Gasteiger partial charge in [-0.1, -0.05) is 30.2 Å². The van der Waals surface area contributed by atoms with Crippen LogP contribution < -0.4 is 5.73 Å². The van der Waals surface area contributed by atoms with Gasteiger partial charge >= 0.3 is 0 Å². The van der Waals surface area contributed by atoms with Gasteiger partial charge in [0.05, 0.1) is 17.1 Å². The molecule has 0 amide bonds. The zero-order valence-corrected chi connectivity index (χ0v) is 13.3. The predicted molar refractivity (Wildman–Crippen MR) is 86.1 cm³/mol. The molecule has 0 unspecified atom stereocenters. The molecule has 0 atom stereocenters. The fourth-order valence-corrected chi connectivity index (χ4v) is 3.24. The Morgan fingerprint density at radius 2 is 2.00 bits per heavy atom. The Labute approximate surface area is 138 Å². The van der Waals surface area contributed by atoms with Crippen LogP contribution >= 0.6 is 11.6 Å². The number of benzene rings is 1. The molecule has 1 heterocycles. The normalized spacial score (nSPS) is 16.0. The number of hydrogen-bond acceptors (Lipinski definition) is 4. The summed E-state index contributed by atoms with van der Waals surface area (Å²) in [5.74, 6) is 0.0391. The smallest absolute Gasteiger partial charge is 0.179 e. The van der Waals surface area contributed by atoms with Gasteiger partial charge in [0.1, 0.15) is 11.6 Å². The molecule has 2 N–H and O–H groups in total. The number of nitrogens with two attached hydrogens (primary N) is 1. The van der Waals surface area contributed by atoms with Gasteiger partial charge in [0.25, 0.3) is 0 Å². The van der Waals surface area contributed by atoms with E-state index in [9.17, 15) is 9.18 Å². The van der Waals surface area contributed by atoms with E-state index in [1.54, 1.807) is 18.2 Å². The summed E-state index contributed by atoms with van der Waals surface area (Å²) in [7, 11) is 0. The molecule has 1 aromatic carbocycles. The number of aromatic nitrogens is 2. The first-order chi connectivity index (χ1) is 11.1. The fraction of sp³-hybridized carbons (Fsp3) is 0.353. The van der Waals surface area contributed by atoms with Gasteiger partial charge in [0.15, 0.2) is 5.78 Å². The zero-order valence-electron chi connectivity index (χ0n) is 12.6. The molecular weight excluding hydrogens is 317 g/mol. The van der Waals surface area contributed by atoms with E-state index >= 15 is 0 Å². The fourth-order valence-electron chi connectivity index (χ4n) is 3.07. The van der Waals surface area contributed by atoms with Crippen molar-refractivity contribution in [3.63, 3.8) is 0 Å². The van der Waals surface area contributed by atoms with Crippen LogP contribution in [-0.2, 0) is 11.8 Å². The molecule has 1 aliphatic carbocycles. The van der Waals surface area contributed by atoms with E-state index in [0.29, 0.717) is 23.4 Å². The van der Waals surface area contributed by atoms with Gasteiger partial charge in [-0.15, -0.1) is 0 Å². The maximum absolute atomic E-state index is 14.4. The minimum absolute atomic E-state index is 0.0691. The van der Waals surface area contributed by atoms with Crippen molar-refractivity contribution < 1.29 is 9.18 Å². The highest BCUT2D eigenvalue weighted by Gasteiger charge is 2.41. The summed E-state index contributed by atoms with van der Waals surface area (Å²) < 4.78 is 14.4. The van der Waals surface area contributed by atoms with Crippen LogP contribution in [0.2, 0.25) is 5.02 Å². The molecule has 0 radical (unpaired) electrons. The number of ketones is 1. The van der Waals surface area contributed by atoms with Crippen LogP contribution in [-0.4, -0.2) is 22.3 Å². The minimum Gasteiger partial charge on any atom is -0.324 e. The Kier molecular flexibility index (Phi) is 4.41. The van der Waals surface area contributed by atoms with Crippen molar-refractivity contribution in [2.45, 2.75) is 31.1 Å². The molecule has 0 bridgehead atoms. The van der Waals surface area contributed by atoms with E-state index in [2.05, 4.69) is 9.97 Å². The van der Waals surface area contributed by atoms with E-state index in [1.165, 1.54) is 12.4 Å². The first kappa shape index (κ1) is 16.0. The Morgan fingerprint density at radius 3 is 2.57 bits per heavy atom. The van der Waals surface area contributed by atoms with E-state index in [4.69, 9.17) is 17.3 Å². The molecule has 6 heteroatoms. The molecule has 23 heavy (non-hydrogen) atoms. The third-order valence-corrected chi connectivity index (χ3v) is 4.83. The predicted octanol–water partition coefficient (Wildman–Crippen LogP) is 3.07. The molecule has 4 nitrogen and oxygen atoms in total. The van der Waals surface area contributed by atoms with Crippen molar-refractivity contribution in [2.24, 2.45) is 5.73 Å². The van der Waals surface area contributed by atoms with E-state index < -0.39 is 0 Å². The van der Waals surface area contributed by atoms with Crippen LogP contribution in [0.15, 0.2) is 30.6 Å². The Bertz CT molecular complexity index is 729. The molecule has 0 saturated heterocycles. The summed E-state index contributed by atoms with van der Waals surface area (Å²) in [6.45, 7) is -0.0691. The van der Waals surface area contributed by atoms with E-state index in [1.807, 2.05) is 0 Å². The number of rotatable bonds is 5. The molecule has 3 rings (SSSR count). The average Bonchev–Trinajstić information content (AvgIpc) is 2.54. The number of carbonyl (C=O) groups is 1. The topological polar surface area (TPSA) is 68.9 Å². The molecule has 1 aromatic heterocycles. The van der Waals surface area contributed by atoms with Crippen molar-refractivity contribution in [3.05, 3.63) is 58.4 Å². The third-order valence-electron chi connectivity index (χ3n) is 4.54. The number of Topliss-reactive ketones (excluding diaryl/α,β-unsaturated/α-hetero) is 1. The second-order valence-corrected chi connectivity index (χ2v) is 6.33. The summed E-state index contributed by atoms with van der Waals surface area (Å²) >= 11 is 5.92. The lowest BCUT2D eigenvalue weighted by Gasteiger charge is -2.42. The van der Waals surface area contributed by atoms with Crippen LogP contribution in [0.25, 0.3) is 0 Å².